The fraction of sp³-hybridized carbons (Fsp3) is 1.00. The molecule has 0 radical (unpaired) electrons. The molecule has 2 atom stereocenters. The van der Waals surface area contributed by atoms with Crippen molar-refractivity contribution in [3.05, 3.63) is 0 Å². The molecule has 0 aliphatic rings. The summed E-state index contributed by atoms with van der Waals surface area (Å²) in [7, 11) is -2.01. The topological polar surface area (TPSA) is 46.5 Å². The first kappa shape index (κ1) is 11.2. The molecule has 0 saturated heterocycles. The van der Waals surface area contributed by atoms with Crippen molar-refractivity contribution >= 4 is 7.60 Å². The molecular weight excluding hydrogens is 163 g/mol. The maximum Gasteiger partial charge on any atom is 0.330 e. The zero-order chi connectivity index (χ0) is 8.91. The van der Waals surface area contributed by atoms with Gasteiger partial charge in [0.05, 0.1) is 5.66 Å². The van der Waals surface area contributed by atoms with Gasteiger partial charge in [-0.1, -0.05) is 26.7 Å². The monoisotopic (exact) mass is 180 g/mol. The Kier molecular flexibility index (Phi) is 4.98. The van der Waals surface area contributed by atoms with E-state index < -0.39 is 7.60 Å². The zero-order valence-electron chi connectivity index (χ0n) is 7.41. The standard InChI is InChI=1S/C7H17O3P/c1-4-5-6-7(2)11(8,9)10-3/h7H,4-6H2,1-3H3,(H,8,9). The summed E-state index contributed by atoms with van der Waals surface area (Å²) in [6, 6.07) is 0. The fourth-order valence-electron chi connectivity index (χ4n) is 0.843. The van der Waals surface area contributed by atoms with Crippen LogP contribution in [0, 0.1) is 0 Å². The van der Waals surface area contributed by atoms with Crippen LogP contribution in [0.5, 0.6) is 0 Å². The molecular formula is C7H17O3P. The first-order chi connectivity index (χ1) is 5.04. The van der Waals surface area contributed by atoms with Crippen molar-refractivity contribution < 1.29 is 14.0 Å². The number of hydrogen-bond acceptors (Lipinski definition) is 2. The molecule has 0 spiro atoms. The molecule has 2 unspecified atom stereocenters. The molecule has 0 heterocycles. The van der Waals surface area contributed by atoms with E-state index in [1.54, 1.807) is 6.92 Å². The summed E-state index contributed by atoms with van der Waals surface area (Å²) in [6.07, 6.45) is 2.79. The summed E-state index contributed by atoms with van der Waals surface area (Å²) in [5, 5.41) is 0. The second-order valence-electron chi connectivity index (χ2n) is 2.74. The molecule has 0 bridgehead atoms. The SMILES string of the molecule is CCCCC(C)P(=O)(O)OC. The third-order valence-electron chi connectivity index (χ3n) is 1.79. The van der Waals surface area contributed by atoms with Gasteiger partial charge in [0, 0.05) is 7.11 Å². The van der Waals surface area contributed by atoms with Gasteiger partial charge in [-0.05, 0) is 6.42 Å². The van der Waals surface area contributed by atoms with Gasteiger partial charge in [0.15, 0.2) is 0 Å². The normalized spacial score (nSPS) is 19.3. The quantitative estimate of drug-likeness (QED) is 0.661. The molecule has 3 nitrogen and oxygen atoms in total. The van der Waals surface area contributed by atoms with Gasteiger partial charge in [-0.2, -0.15) is 0 Å². The van der Waals surface area contributed by atoms with E-state index in [1.807, 2.05) is 0 Å². The summed E-state index contributed by atoms with van der Waals surface area (Å²) in [6.45, 7) is 3.81. The lowest BCUT2D eigenvalue weighted by molar-refractivity contribution is 0.303. The minimum Gasteiger partial charge on any atom is -0.324 e. The summed E-state index contributed by atoms with van der Waals surface area (Å²) in [5.74, 6) is 0. The smallest absolute Gasteiger partial charge is 0.324 e. The van der Waals surface area contributed by atoms with E-state index in [0.717, 1.165) is 19.3 Å². The molecule has 0 aromatic heterocycles. The van der Waals surface area contributed by atoms with Crippen LogP contribution in [0.1, 0.15) is 33.1 Å². The number of rotatable bonds is 5. The van der Waals surface area contributed by atoms with Gasteiger partial charge in [-0.25, -0.2) is 0 Å². The Morgan fingerprint density at radius 2 is 2.18 bits per heavy atom. The summed E-state index contributed by atoms with van der Waals surface area (Å²) >= 11 is 0. The van der Waals surface area contributed by atoms with Crippen LogP contribution in [0.3, 0.4) is 0 Å². The maximum absolute atomic E-state index is 11.1. The zero-order valence-corrected chi connectivity index (χ0v) is 8.30. The second kappa shape index (κ2) is 4.91. The van der Waals surface area contributed by atoms with Gasteiger partial charge >= 0.3 is 7.60 Å². The second-order valence-corrected chi connectivity index (χ2v) is 5.11. The van der Waals surface area contributed by atoms with E-state index >= 15 is 0 Å². The number of unbranched alkanes of at least 4 members (excludes halogenated alkanes) is 1. The molecule has 0 fully saturated rings. The van der Waals surface area contributed by atoms with Crippen molar-refractivity contribution in [2.75, 3.05) is 7.11 Å². The van der Waals surface area contributed by atoms with E-state index in [9.17, 15) is 4.57 Å². The van der Waals surface area contributed by atoms with Crippen molar-refractivity contribution in [1.82, 2.24) is 0 Å². The van der Waals surface area contributed by atoms with Crippen molar-refractivity contribution in [2.24, 2.45) is 0 Å². The Morgan fingerprint density at radius 1 is 1.64 bits per heavy atom. The molecule has 0 aromatic rings. The van der Waals surface area contributed by atoms with Crippen molar-refractivity contribution in [2.45, 2.75) is 38.8 Å². The minimum atomic E-state index is -3.29. The van der Waals surface area contributed by atoms with Crippen LogP contribution in [0.15, 0.2) is 0 Å². The molecule has 4 heteroatoms. The highest BCUT2D eigenvalue weighted by atomic mass is 31.2. The molecule has 0 aromatic carbocycles. The lowest BCUT2D eigenvalue weighted by Gasteiger charge is -2.15. The Labute approximate surface area is 68.3 Å². The average Bonchev–Trinajstić information content (AvgIpc) is 2.00. The van der Waals surface area contributed by atoms with Crippen LogP contribution in [-0.2, 0) is 9.09 Å². The van der Waals surface area contributed by atoms with Crippen molar-refractivity contribution in [3.63, 3.8) is 0 Å². The largest absolute Gasteiger partial charge is 0.330 e. The van der Waals surface area contributed by atoms with E-state index in [-0.39, 0.29) is 5.66 Å². The van der Waals surface area contributed by atoms with Gasteiger partial charge in [0.25, 0.3) is 0 Å². The summed E-state index contributed by atoms with van der Waals surface area (Å²) < 4.78 is 15.6. The first-order valence-electron chi connectivity index (χ1n) is 3.92. The Balaban J connectivity index is 3.81. The highest BCUT2D eigenvalue weighted by Gasteiger charge is 2.25. The fourth-order valence-corrected chi connectivity index (χ4v) is 1.71. The van der Waals surface area contributed by atoms with Crippen LogP contribution in [0.25, 0.3) is 0 Å². The molecule has 0 aliphatic carbocycles. The van der Waals surface area contributed by atoms with Crippen molar-refractivity contribution in [3.8, 4) is 0 Å². The molecule has 0 rings (SSSR count). The summed E-state index contributed by atoms with van der Waals surface area (Å²) in [4.78, 5) is 9.15. The lowest BCUT2D eigenvalue weighted by atomic mass is 10.2. The third-order valence-corrected chi connectivity index (χ3v) is 3.69. The van der Waals surface area contributed by atoms with Gasteiger partial charge in [-0.3, -0.25) is 4.57 Å². The molecule has 68 valence electrons. The van der Waals surface area contributed by atoms with Gasteiger partial charge in [0.2, 0.25) is 0 Å². The molecule has 0 amide bonds. The van der Waals surface area contributed by atoms with E-state index in [1.165, 1.54) is 7.11 Å². The minimum absolute atomic E-state index is 0.229. The predicted octanol–water partition coefficient (Wildman–Crippen LogP) is 2.40. The summed E-state index contributed by atoms with van der Waals surface area (Å²) in [5.41, 5.74) is -0.229. The third kappa shape index (κ3) is 3.90. The van der Waals surface area contributed by atoms with Crippen LogP contribution in [0.4, 0.5) is 0 Å². The van der Waals surface area contributed by atoms with E-state index in [0.29, 0.717) is 0 Å². The number of hydrogen-bond donors (Lipinski definition) is 1. The van der Waals surface area contributed by atoms with Crippen LogP contribution in [0.2, 0.25) is 0 Å². The molecule has 0 aliphatic heterocycles. The Bertz CT molecular complexity index is 147. The Morgan fingerprint density at radius 3 is 2.55 bits per heavy atom. The van der Waals surface area contributed by atoms with Gasteiger partial charge in [0.1, 0.15) is 0 Å². The van der Waals surface area contributed by atoms with Crippen molar-refractivity contribution in [1.29, 1.82) is 0 Å². The van der Waals surface area contributed by atoms with Crippen LogP contribution in [-0.4, -0.2) is 17.7 Å². The van der Waals surface area contributed by atoms with Gasteiger partial charge < -0.3 is 9.42 Å². The Hall–Kier alpha value is 0.150. The molecule has 1 N–H and O–H groups in total. The first-order valence-corrected chi connectivity index (χ1v) is 5.57. The van der Waals surface area contributed by atoms with Gasteiger partial charge in [-0.15, -0.1) is 0 Å². The van der Waals surface area contributed by atoms with E-state index in [4.69, 9.17) is 4.89 Å². The highest BCUT2D eigenvalue weighted by molar-refractivity contribution is 7.53. The molecule has 11 heavy (non-hydrogen) atoms. The van der Waals surface area contributed by atoms with Crippen LogP contribution >= 0.6 is 7.60 Å². The molecule has 0 saturated carbocycles. The van der Waals surface area contributed by atoms with Crippen LogP contribution < -0.4 is 0 Å². The average molecular weight is 180 g/mol. The highest BCUT2D eigenvalue weighted by Crippen LogP contribution is 2.48. The maximum atomic E-state index is 11.1. The van der Waals surface area contributed by atoms with E-state index in [2.05, 4.69) is 11.4 Å². The predicted molar refractivity (Wildman–Crippen MR) is 45.8 cm³/mol. The lowest BCUT2D eigenvalue weighted by Crippen LogP contribution is -2.04.